The summed E-state index contributed by atoms with van der Waals surface area (Å²) in [7, 11) is 0. The van der Waals surface area contributed by atoms with E-state index >= 15 is 0 Å². The fraction of sp³-hybridized carbons (Fsp3) is 0.462. The van der Waals surface area contributed by atoms with Crippen LogP contribution in [-0.4, -0.2) is 27.7 Å². The zero-order valence-corrected chi connectivity index (χ0v) is 13.7. The molecule has 0 atom stereocenters. The molecule has 1 aliphatic rings. The molecule has 2 aromatic rings. The summed E-state index contributed by atoms with van der Waals surface area (Å²) in [6.07, 6.45) is -1.72. The molecule has 0 bridgehead atoms. The highest BCUT2D eigenvalue weighted by Crippen LogP contribution is 2.36. The van der Waals surface area contributed by atoms with Gasteiger partial charge in [-0.3, -0.25) is 0 Å². The molecule has 0 unspecified atom stereocenters. The second-order valence-electron chi connectivity index (χ2n) is 4.85. The van der Waals surface area contributed by atoms with E-state index in [1.165, 1.54) is 11.3 Å². The largest absolute Gasteiger partial charge is 0.470 e. The summed E-state index contributed by atoms with van der Waals surface area (Å²) in [6.45, 7) is 0.231. The fourth-order valence-electron chi connectivity index (χ4n) is 2.00. The Labute approximate surface area is 137 Å². The summed E-state index contributed by atoms with van der Waals surface area (Å²) < 4.78 is 36.5. The van der Waals surface area contributed by atoms with Gasteiger partial charge >= 0.3 is 0 Å². The average Bonchev–Trinajstić information content (AvgIpc) is 2.87. The van der Waals surface area contributed by atoms with Crippen LogP contribution in [0.5, 0.6) is 11.1 Å². The molecule has 22 heavy (non-hydrogen) atoms. The van der Waals surface area contributed by atoms with Crippen LogP contribution in [0.1, 0.15) is 17.8 Å². The van der Waals surface area contributed by atoms with Gasteiger partial charge in [-0.1, -0.05) is 22.5 Å². The number of pyridine rings is 1. The molecule has 0 aliphatic heterocycles. The molecule has 0 amide bonds. The van der Waals surface area contributed by atoms with E-state index in [-0.39, 0.29) is 12.7 Å². The van der Waals surface area contributed by atoms with E-state index in [0.29, 0.717) is 33.5 Å². The quantitative estimate of drug-likeness (QED) is 0.702. The number of nitrogens with zero attached hydrogens (tertiary/aromatic N) is 3. The molecule has 3 rings (SSSR count). The molecule has 0 saturated heterocycles. The van der Waals surface area contributed by atoms with E-state index in [1.54, 1.807) is 12.1 Å². The van der Waals surface area contributed by atoms with Crippen LogP contribution in [0, 0.1) is 5.92 Å². The van der Waals surface area contributed by atoms with Gasteiger partial charge in [0.1, 0.15) is 17.3 Å². The van der Waals surface area contributed by atoms with Crippen molar-refractivity contribution >= 4 is 27.3 Å². The lowest BCUT2D eigenvalue weighted by Crippen LogP contribution is -2.37. The Bertz CT molecular complexity index is 637. The molecular formula is C13H12BrF2N3O2S. The Hall–Kier alpha value is -1.35. The number of aromatic nitrogens is 3. The lowest BCUT2D eigenvalue weighted by molar-refractivity contribution is -0.0331. The van der Waals surface area contributed by atoms with Gasteiger partial charge in [0.25, 0.3) is 5.19 Å². The van der Waals surface area contributed by atoms with Gasteiger partial charge in [-0.25, -0.2) is 13.8 Å². The van der Waals surface area contributed by atoms with E-state index < -0.39 is 12.3 Å². The van der Waals surface area contributed by atoms with Crippen molar-refractivity contribution in [2.75, 3.05) is 0 Å². The number of rotatable bonds is 6. The third kappa shape index (κ3) is 3.89. The van der Waals surface area contributed by atoms with Crippen LogP contribution in [0.2, 0.25) is 0 Å². The highest BCUT2D eigenvalue weighted by Gasteiger charge is 2.37. The molecule has 1 saturated carbocycles. The molecule has 9 heteroatoms. The van der Waals surface area contributed by atoms with E-state index in [2.05, 4.69) is 31.1 Å². The number of halogens is 3. The van der Waals surface area contributed by atoms with Crippen molar-refractivity contribution in [1.29, 1.82) is 0 Å². The standard InChI is InChI=1S/C13H12BrF2N3O2S/c14-9-2-1-3-10(17-9)20-6-11-18-19-13(22-11)21-8-4-7(5-8)12(15)16/h1-3,7-8,12H,4-6H2. The highest BCUT2D eigenvalue weighted by molar-refractivity contribution is 9.10. The minimum Gasteiger partial charge on any atom is -0.470 e. The zero-order valence-electron chi connectivity index (χ0n) is 11.3. The lowest BCUT2D eigenvalue weighted by atomic mass is 9.83. The molecule has 1 fully saturated rings. The Morgan fingerprint density at radius 2 is 2.14 bits per heavy atom. The van der Waals surface area contributed by atoms with Crippen molar-refractivity contribution in [3.05, 3.63) is 27.8 Å². The predicted octanol–water partition coefficient (Wildman–Crippen LogP) is 3.70. The van der Waals surface area contributed by atoms with Gasteiger partial charge < -0.3 is 9.47 Å². The normalized spacial score (nSPS) is 20.7. The van der Waals surface area contributed by atoms with Crippen LogP contribution in [0.4, 0.5) is 8.78 Å². The number of hydrogen-bond acceptors (Lipinski definition) is 6. The van der Waals surface area contributed by atoms with E-state index in [4.69, 9.17) is 9.47 Å². The van der Waals surface area contributed by atoms with Gasteiger partial charge in [0.15, 0.2) is 5.01 Å². The fourth-order valence-corrected chi connectivity index (χ4v) is 3.00. The lowest BCUT2D eigenvalue weighted by Gasteiger charge is -2.33. The maximum absolute atomic E-state index is 12.4. The summed E-state index contributed by atoms with van der Waals surface area (Å²) in [5.41, 5.74) is 0. The number of ether oxygens (including phenoxy) is 2. The Morgan fingerprint density at radius 1 is 1.32 bits per heavy atom. The van der Waals surface area contributed by atoms with Gasteiger partial charge in [-0.05, 0) is 34.8 Å². The maximum Gasteiger partial charge on any atom is 0.294 e. The summed E-state index contributed by atoms with van der Waals surface area (Å²) >= 11 is 4.51. The van der Waals surface area contributed by atoms with Crippen molar-refractivity contribution in [3.8, 4) is 11.1 Å². The Balaban J connectivity index is 1.47. The van der Waals surface area contributed by atoms with Crippen molar-refractivity contribution in [1.82, 2.24) is 15.2 Å². The summed E-state index contributed by atoms with van der Waals surface area (Å²) in [5, 5.41) is 8.86. The van der Waals surface area contributed by atoms with Gasteiger partial charge in [-0.2, -0.15) is 0 Å². The topological polar surface area (TPSA) is 57.1 Å². The van der Waals surface area contributed by atoms with Crippen LogP contribution >= 0.6 is 27.3 Å². The van der Waals surface area contributed by atoms with Gasteiger partial charge in [0.2, 0.25) is 12.3 Å². The van der Waals surface area contributed by atoms with Crippen molar-refractivity contribution in [2.24, 2.45) is 5.92 Å². The Kier molecular flexibility index (Phi) is 4.82. The molecule has 0 aromatic carbocycles. The zero-order chi connectivity index (χ0) is 15.5. The molecule has 1 aliphatic carbocycles. The molecule has 0 N–H and O–H groups in total. The highest BCUT2D eigenvalue weighted by atomic mass is 79.9. The maximum atomic E-state index is 12.4. The smallest absolute Gasteiger partial charge is 0.294 e. The monoisotopic (exact) mass is 391 g/mol. The minimum absolute atomic E-state index is 0.188. The summed E-state index contributed by atoms with van der Waals surface area (Å²) in [4.78, 5) is 4.14. The van der Waals surface area contributed by atoms with Crippen LogP contribution in [-0.2, 0) is 6.61 Å². The van der Waals surface area contributed by atoms with Gasteiger partial charge in [0, 0.05) is 12.0 Å². The van der Waals surface area contributed by atoms with E-state index in [0.717, 1.165) is 0 Å². The van der Waals surface area contributed by atoms with Crippen LogP contribution < -0.4 is 9.47 Å². The number of alkyl halides is 2. The predicted molar refractivity (Wildman–Crippen MR) is 79.3 cm³/mol. The van der Waals surface area contributed by atoms with E-state index in [9.17, 15) is 8.78 Å². The van der Waals surface area contributed by atoms with Crippen molar-refractivity contribution in [2.45, 2.75) is 32.0 Å². The van der Waals surface area contributed by atoms with Gasteiger partial charge in [-0.15, -0.1) is 5.10 Å². The first kappa shape index (κ1) is 15.5. The molecule has 5 nitrogen and oxygen atoms in total. The Morgan fingerprint density at radius 3 is 2.86 bits per heavy atom. The first-order valence-corrected chi connectivity index (χ1v) is 8.23. The van der Waals surface area contributed by atoms with Crippen molar-refractivity contribution < 1.29 is 18.3 Å². The number of hydrogen-bond donors (Lipinski definition) is 0. The average molecular weight is 392 g/mol. The third-order valence-corrected chi connectivity index (χ3v) is 4.47. The molecule has 0 spiro atoms. The van der Waals surface area contributed by atoms with Crippen LogP contribution in [0.15, 0.2) is 22.8 Å². The first-order chi connectivity index (χ1) is 10.6. The second kappa shape index (κ2) is 6.82. The van der Waals surface area contributed by atoms with Crippen LogP contribution in [0.3, 0.4) is 0 Å². The molecular weight excluding hydrogens is 380 g/mol. The summed E-state index contributed by atoms with van der Waals surface area (Å²) in [6, 6.07) is 5.36. The van der Waals surface area contributed by atoms with E-state index in [1.807, 2.05) is 6.07 Å². The van der Waals surface area contributed by atoms with Crippen molar-refractivity contribution in [3.63, 3.8) is 0 Å². The summed E-state index contributed by atoms with van der Waals surface area (Å²) in [5.74, 6) is -0.0749. The molecule has 2 heterocycles. The SMILES string of the molecule is FC(F)C1CC(Oc2nnc(COc3cccc(Br)n3)s2)C1. The third-order valence-electron chi connectivity index (χ3n) is 3.24. The molecule has 0 radical (unpaired) electrons. The molecule has 118 valence electrons. The second-order valence-corrected chi connectivity index (χ2v) is 6.69. The minimum atomic E-state index is -2.27. The molecule has 2 aromatic heterocycles. The van der Waals surface area contributed by atoms with Crippen LogP contribution in [0.25, 0.3) is 0 Å². The first-order valence-electron chi connectivity index (χ1n) is 6.62. The van der Waals surface area contributed by atoms with Gasteiger partial charge in [0.05, 0.1) is 0 Å².